The van der Waals surface area contributed by atoms with Gasteiger partial charge in [-0.1, -0.05) is 11.6 Å². The van der Waals surface area contributed by atoms with Gasteiger partial charge in [0, 0.05) is 45.1 Å². The molecule has 9 heteroatoms. The highest BCUT2D eigenvalue weighted by Gasteiger charge is 2.34. The minimum atomic E-state index is -1.27. The lowest BCUT2D eigenvalue weighted by Gasteiger charge is -2.45. The predicted octanol–water partition coefficient (Wildman–Crippen LogP) is 3.16. The number of methoxy groups -OCH3 is 2. The fraction of sp³-hybridized carbons (Fsp3) is 0.455. The fourth-order valence-electron chi connectivity index (χ4n) is 3.72. The van der Waals surface area contributed by atoms with Crippen molar-refractivity contribution in [2.75, 3.05) is 39.0 Å². The molecule has 1 N–H and O–H groups in total. The number of benzene rings is 1. The van der Waals surface area contributed by atoms with E-state index in [1.807, 2.05) is 24.9 Å². The van der Waals surface area contributed by atoms with E-state index in [4.69, 9.17) is 25.8 Å². The SMILES string of the molecule is COCCCOc1cc2c(cc1Cl)-c1cc(=O)c(C(=O)O)cn1N(C(C)(C)COC)C2. The van der Waals surface area contributed by atoms with Crippen molar-refractivity contribution in [1.29, 1.82) is 0 Å². The molecular formula is C22H27ClN2O6. The van der Waals surface area contributed by atoms with Crippen LogP contribution in [0.15, 0.2) is 29.2 Å². The number of pyridine rings is 1. The van der Waals surface area contributed by atoms with E-state index < -0.39 is 16.9 Å². The Morgan fingerprint density at radius 3 is 2.58 bits per heavy atom. The molecule has 2 aromatic rings. The summed E-state index contributed by atoms with van der Waals surface area (Å²) in [6.07, 6.45) is 2.09. The number of ether oxygens (including phenoxy) is 3. The summed E-state index contributed by atoms with van der Waals surface area (Å²) in [5.74, 6) is -0.715. The van der Waals surface area contributed by atoms with E-state index in [9.17, 15) is 14.7 Å². The second-order valence-corrected chi connectivity index (χ2v) is 8.43. The van der Waals surface area contributed by atoms with Gasteiger partial charge in [-0.3, -0.25) is 9.47 Å². The van der Waals surface area contributed by atoms with Gasteiger partial charge in [0.1, 0.15) is 11.3 Å². The molecule has 0 saturated carbocycles. The van der Waals surface area contributed by atoms with Crippen LogP contribution in [0.3, 0.4) is 0 Å². The number of carboxylic acids is 1. The van der Waals surface area contributed by atoms with Crippen LogP contribution in [0, 0.1) is 0 Å². The van der Waals surface area contributed by atoms with Crippen molar-refractivity contribution in [3.05, 3.63) is 50.8 Å². The van der Waals surface area contributed by atoms with E-state index in [0.717, 1.165) is 17.5 Å². The van der Waals surface area contributed by atoms with Gasteiger partial charge >= 0.3 is 5.97 Å². The van der Waals surface area contributed by atoms with Crippen LogP contribution in [-0.4, -0.2) is 55.3 Å². The second-order valence-electron chi connectivity index (χ2n) is 8.02. The first kappa shape index (κ1) is 23.1. The van der Waals surface area contributed by atoms with Gasteiger partial charge in [0.2, 0.25) is 0 Å². The monoisotopic (exact) mass is 450 g/mol. The molecule has 1 aromatic carbocycles. The molecule has 0 spiro atoms. The van der Waals surface area contributed by atoms with Gasteiger partial charge in [0.05, 0.1) is 36.0 Å². The fourth-order valence-corrected chi connectivity index (χ4v) is 3.93. The first-order valence-electron chi connectivity index (χ1n) is 9.91. The van der Waals surface area contributed by atoms with Crippen LogP contribution < -0.4 is 15.2 Å². The average Bonchev–Trinajstić information content (AvgIpc) is 2.70. The number of carboxylic acid groups (broad SMARTS) is 1. The molecule has 1 aliphatic heterocycles. The normalized spacial score (nSPS) is 13.0. The van der Waals surface area contributed by atoms with Crippen LogP contribution in [0.5, 0.6) is 5.75 Å². The Morgan fingerprint density at radius 1 is 1.19 bits per heavy atom. The third-order valence-electron chi connectivity index (χ3n) is 5.22. The Balaban J connectivity index is 2.12. The number of fused-ring (bicyclic) bond motifs is 3. The maximum absolute atomic E-state index is 12.5. The van der Waals surface area contributed by atoms with Crippen LogP contribution in [0.25, 0.3) is 11.3 Å². The Hall–Kier alpha value is -2.55. The van der Waals surface area contributed by atoms with Crippen LogP contribution in [0.1, 0.15) is 36.2 Å². The number of rotatable bonds is 9. The molecule has 3 rings (SSSR count). The average molecular weight is 451 g/mol. The minimum absolute atomic E-state index is 0.297. The largest absolute Gasteiger partial charge is 0.492 e. The first-order valence-corrected chi connectivity index (χ1v) is 10.3. The van der Waals surface area contributed by atoms with Crippen molar-refractivity contribution < 1.29 is 24.1 Å². The number of halogens is 1. The molecule has 0 radical (unpaired) electrons. The standard InChI is InChI=1S/C22H27ClN2O6/c1-22(2,13-30-4)25-11-14-8-20(31-7-5-6-29-3)17(23)9-15(14)18-10-19(26)16(21(27)28)12-24(18)25/h8-10,12H,5-7,11,13H2,1-4H3,(H,27,28). The van der Waals surface area contributed by atoms with Crippen molar-refractivity contribution in [2.24, 2.45) is 0 Å². The molecule has 0 fully saturated rings. The molecule has 0 unspecified atom stereocenters. The van der Waals surface area contributed by atoms with Crippen molar-refractivity contribution in [1.82, 2.24) is 4.68 Å². The zero-order valence-electron chi connectivity index (χ0n) is 18.1. The molecule has 168 valence electrons. The highest BCUT2D eigenvalue weighted by atomic mass is 35.5. The Labute approximate surface area is 185 Å². The summed E-state index contributed by atoms with van der Waals surface area (Å²) < 4.78 is 18.0. The number of hydrogen-bond acceptors (Lipinski definition) is 6. The minimum Gasteiger partial charge on any atom is -0.492 e. The topological polar surface area (TPSA) is 90.2 Å². The second kappa shape index (κ2) is 9.30. The summed E-state index contributed by atoms with van der Waals surface area (Å²) >= 11 is 6.47. The van der Waals surface area contributed by atoms with Crippen molar-refractivity contribution in [2.45, 2.75) is 32.4 Å². The molecule has 2 heterocycles. The van der Waals surface area contributed by atoms with Crippen molar-refractivity contribution in [3.8, 4) is 17.0 Å². The van der Waals surface area contributed by atoms with Gasteiger partial charge in [-0.25, -0.2) is 4.79 Å². The lowest BCUT2D eigenvalue weighted by Crippen LogP contribution is -2.55. The number of nitrogens with zero attached hydrogens (tertiary/aromatic N) is 2. The maximum atomic E-state index is 12.5. The first-order chi connectivity index (χ1) is 14.7. The molecule has 1 aliphatic rings. The molecule has 0 saturated heterocycles. The summed E-state index contributed by atoms with van der Waals surface area (Å²) in [6, 6.07) is 4.97. The van der Waals surface area contributed by atoms with E-state index in [-0.39, 0.29) is 5.56 Å². The predicted molar refractivity (Wildman–Crippen MR) is 118 cm³/mol. The summed E-state index contributed by atoms with van der Waals surface area (Å²) in [6.45, 7) is 5.87. The molecule has 0 bridgehead atoms. The van der Waals surface area contributed by atoms with Crippen molar-refractivity contribution in [3.63, 3.8) is 0 Å². The third kappa shape index (κ3) is 4.71. The Kier molecular flexibility index (Phi) is 6.93. The lowest BCUT2D eigenvalue weighted by atomic mass is 9.97. The van der Waals surface area contributed by atoms with E-state index in [1.165, 1.54) is 12.3 Å². The third-order valence-corrected chi connectivity index (χ3v) is 5.52. The molecular weight excluding hydrogens is 424 g/mol. The van der Waals surface area contributed by atoms with Gasteiger partial charge in [-0.05, 0) is 31.5 Å². The van der Waals surface area contributed by atoms with Crippen molar-refractivity contribution >= 4 is 17.6 Å². The van der Waals surface area contributed by atoms with Crippen LogP contribution in [0.2, 0.25) is 5.02 Å². The van der Waals surface area contributed by atoms with Gasteiger partial charge in [0.25, 0.3) is 0 Å². The molecule has 31 heavy (non-hydrogen) atoms. The van der Waals surface area contributed by atoms with Crippen LogP contribution in [-0.2, 0) is 16.0 Å². The van der Waals surface area contributed by atoms with E-state index in [2.05, 4.69) is 0 Å². The van der Waals surface area contributed by atoms with E-state index in [1.54, 1.807) is 25.0 Å². The number of aromatic carboxylic acids is 1. The highest BCUT2D eigenvalue weighted by molar-refractivity contribution is 6.32. The Morgan fingerprint density at radius 2 is 1.94 bits per heavy atom. The smallest absolute Gasteiger partial charge is 0.341 e. The van der Waals surface area contributed by atoms with Crippen LogP contribution in [0.4, 0.5) is 0 Å². The maximum Gasteiger partial charge on any atom is 0.341 e. The number of hydrogen-bond donors (Lipinski definition) is 1. The quantitative estimate of drug-likeness (QED) is 0.587. The zero-order chi connectivity index (χ0) is 22.8. The molecule has 0 atom stereocenters. The summed E-state index contributed by atoms with van der Waals surface area (Å²) in [5.41, 5.74) is 0.881. The van der Waals surface area contributed by atoms with Gasteiger partial charge < -0.3 is 24.3 Å². The molecule has 1 aromatic heterocycles. The zero-order valence-corrected chi connectivity index (χ0v) is 18.9. The Bertz CT molecular complexity index is 1030. The summed E-state index contributed by atoms with van der Waals surface area (Å²) in [4.78, 5) is 24.1. The lowest BCUT2D eigenvalue weighted by molar-refractivity contribution is 0.0694. The molecule has 8 nitrogen and oxygen atoms in total. The van der Waals surface area contributed by atoms with Gasteiger partial charge in [-0.2, -0.15) is 0 Å². The number of carbonyl (C=O) groups is 1. The summed E-state index contributed by atoms with van der Waals surface area (Å²) in [7, 11) is 3.25. The van der Waals surface area contributed by atoms with Crippen LogP contribution >= 0.6 is 11.6 Å². The van der Waals surface area contributed by atoms with E-state index >= 15 is 0 Å². The molecule has 0 amide bonds. The van der Waals surface area contributed by atoms with E-state index in [0.29, 0.717) is 42.8 Å². The highest BCUT2D eigenvalue weighted by Crippen LogP contribution is 2.38. The summed E-state index contributed by atoms with van der Waals surface area (Å²) in [5, 5.41) is 11.8. The van der Waals surface area contributed by atoms with Gasteiger partial charge in [0.15, 0.2) is 5.43 Å². The van der Waals surface area contributed by atoms with Gasteiger partial charge in [-0.15, -0.1) is 0 Å². The number of aromatic nitrogens is 1. The molecule has 0 aliphatic carbocycles.